The highest BCUT2D eigenvalue weighted by molar-refractivity contribution is 7.95. The van der Waals surface area contributed by atoms with Gasteiger partial charge < -0.3 is 17.0 Å². The van der Waals surface area contributed by atoms with Crippen LogP contribution in [0.15, 0.2) is 109 Å². The van der Waals surface area contributed by atoms with E-state index in [0.29, 0.717) is 6.16 Å². The number of hydrogen-bond donors (Lipinski definition) is 0. The van der Waals surface area contributed by atoms with Crippen molar-refractivity contribution in [2.75, 3.05) is 0 Å². The Hall–Kier alpha value is -2.88. The first kappa shape index (κ1) is 22.8. The van der Waals surface area contributed by atoms with E-state index in [1.54, 1.807) is 6.07 Å². The summed E-state index contributed by atoms with van der Waals surface area (Å²) in [5.74, 6) is -0.813. The molecule has 0 aliphatic rings. The number of hydrogen-bond acceptors (Lipinski definition) is 2. The lowest BCUT2D eigenvalue weighted by Crippen LogP contribution is -3.00. The molecule has 6 heteroatoms. The average molecular weight is 496 g/mol. The topological polar surface area (TPSA) is 43.1 Å². The highest BCUT2D eigenvalue weighted by Gasteiger charge is 2.45. The van der Waals surface area contributed by atoms with E-state index < -0.39 is 23.7 Å². The normalized spacial score (nSPS) is 10.9. The summed E-state index contributed by atoms with van der Waals surface area (Å²) in [4.78, 5) is 10.7. The van der Waals surface area contributed by atoms with E-state index in [1.807, 2.05) is 54.6 Å². The van der Waals surface area contributed by atoms with E-state index in [4.69, 9.17) is 0 Å². The first-order valence-electron chi connectivity index (χ1n) is 9.59. The minimum atomic E-state index is -2.19. The van der Waals surface area contributed by atoms with Crippen molar-refractivity contribution in [3.8, 4) is 0 Å². The van der Waals surface area contributed by atoms with Crippen LogP contribution < -0.4 is 32.9 Å². The van der Waals surface area contributed by atoms with Crippen molar-refractivity contribution >= 4 is 28.9 Å². The maximum atomic E-state index is 14.0. The second-order valence-electron chi connectivity index (χ2n) is 7.02. The molecule has 156 valence electrons. The van der Waals surface area contributed by atoms with Crippen molar-refractivity contribution in [2.24, 2.45) is 0 Å². The number of nitro benzene ring substituents is 1. The summed E-state index contributed by atoms with van der Waals surface area (Å²) in [6, 6.07) is 35.0. The molecular weight excluding hydrogens is 476 g/mol. The largest absolute Gasteiger partial charge is 1.00 e. The van der Waals surface area contributed by atoms with Crippen molar-refractivity contribution in [1.29, 1.82) is 0 Å². The molecule has 0 N–H and O–H groups in total. The third-order valence-electron chi connectivity index (χ3n) is 5.22. The van der Waals surface area contributed by atoms with Crippen LogP contribution in [0.5, 0.6) is 0 Å². The molecule has 3 nitrogen and oxygen atoms in total. The summed E-state index contributed by atoms with van der Waals surface area (Å²) >= 11 is 0. The summed E-state index contributed by atoms with van der Waals surface area (Å²) in [6.07, 6.45) is 0.562. The van der Waals surface area contributed by atoms with Gasteiger partial charge in [-0.25, -0.2) is 0 Å². The summed E-state index contributed by atoms with van der Waals surface area (Å²) < 4.78 is 14.0. The Kier molecular flexibility index (Phi) is 7.32. The smallest absolute Gasteiger partial charge is 0.305 e. The number of rotatable bonds is 6. The van der Waals surface area contributed by atoms with Gasteiger partial charge in [0.1, 0.15) is 23.2 Å². The minimum absolute atomic E-state index is 0. The molecule has 0 fully saturated rings. The summed E-state index contributed by atoms with van der Waals surface area (Å²) in [5, 5.41) is 14.9. The lowest BCUT2D eigenvalue weighted by Gasteiger charge is -2.27. The van der Waals surface area contributed by atoms with Gasteiger partial charge in [-0.15, -0.1) is 0 Å². The van der Waals surface area contributed by atoms with Crippen LogP contribution in [0.4, 0.5) is 10.1 Å². The number of nitrogens with zero attached hydrogens (tertiary/aromatic N) is 1. The second kappa shape index (κ2) is 9.95. The van der Waals surface area contributed by atoms with Gasteiger partial charge in [0.2, 0.25) is 5.82 Å². The van der Waals surface area contributed by atoms with E-state index in [9.17, 15) is 14.5 Å². The molecule has 4 aromatic rings. The SMILES string of the molecule is O=[N+]([O-])c1cc(C[P+](c2ccccc2)(c2ccccc2)c2ccccc2)ccc1F.[Br-]. The fourth-order valence-electron chi connectivity index (χ4n) is 3.84. The highest BCUT2D eigenvalue weighted by Crippen LogP contribution is 2.58. The Balaban J connectivity index is 0.00000272. The van der Waals surface area contributed by atoms with Crippen LogP contribution in [0.3, 0.4) is 0 Å². The molecule has 0 saturated carbocycles. The molecule has 31 heavy (non-hydrogen) atoms. The maximum Gasteiger partial charge on any atom is 0.305 e. The molecule has 0 bridgehead atoms. The Morgan fingerprint density at radius 2 is 1.13 bits per heavy atom. The predicted molar refractivity (Wildman–Crippen MR) is 122 cm³/mol. The van der Waals surface area contributed by atoms with E-state index in [0.717, 1.165) is 5.56 Å². The first-order valence-corrected chi connectivity index (χ1v) is 11.6. The van der Waals surface area contributed by atoms with Crippen LogP contribution >= 0.6 is 7.26 Å². The zero-order chi connectivity index (χ0) is 21.0. The van der Waals surface area contributed by atoms with Gasteiger partial charge in [-0.05, 0) is 48.0 Å². The molecular formula is C25H20BrFNO2P. The fraction of sp³-hybridized carbons (Fsp3) is 0.0400. The number of nitro groups is 1. The molecule has 0 spiro atoms. The van der Waals surface area contributed by atoms with Gasteiger partial charge >= 0.3 is 5.69 Å². The van der Waals surface area contributed by atoms with Gasteiger partial charge in [0, 0.05) is 6.07 Å². The molecule has 4 aromatic carbocycles. The number of benzene rings is 4. The van der Waals surface area contributed by atoms with Crippen LogP contribution in [0.1, 0.15) is 5.56 Å². The van der Waals surface area contributed by atoms with Crippen molar-refractivity contribution in [3.05, 3.63) is 131 Å². The fourth-order valence-corrected chi connectivity index (χ4v) is 8.07. The van der Waals surface area contributed by atoms with Crippen LogP contribution in [-0.2, 0) is 6.16 Å². The molecule has 0 radical (unpaired) electrons. The second-order valence-corrected chi connectivity index (χ2v) is 10.5. The van der Waals surface area contributed by atoms with Gasteiger partial charge in [0.25, 0.3) is 0 Å². The predicted octanol–water partition coefficient (Wildman–Crippen LogP) is 2.23. The van der Waals surface area contributed by atoms with Gasteiger partial charge in [0.05, 0.1) is 11.1 Å². The molecule has 0 atom stereocenters. The van der Waals surface area contributed by atoms with Gasteiger partial charge in [0.15, 0.2) is 0 Å². The van der Waals surface area contributed by atoms with E-state index in [2.05, 4.69) is 36.4 Å². The van der Waals surface area contributed by atoms with Crippen molar-refractivity contribution in [3.63, 3.8) is 0 Å². The van der Waals surface area contributed by atoms with Crippen molar-refractivity contribution in [1.82, 2.24) is 0 Å². The zero-order valence-electron chi connectivity index (χ0n) is 16.6. The van der Waals surface area contributed by atoms with Crippen molar-refractivity contribution < 1.29 is 26.3 Å². The quantitative estimate of drug-likeness (QED) is 0.234. The molecule has 0 aliphatic carbocycles. The zero-order valence-corrected chi connectivity index (χ0v) is 19.0. The summed E-state index contributed by atoms with van der Waals surface area (Å²) in [6.45, 7) is 0. The molecule has 0 saturated heterocycles. The van der Waals surface area contributed by atoms with Crippen LogP contribution in [-0.4, -0.2) is 4.92 Å². The van der Waals surface area contributed by atoms with Crippen LogP contribution in [0.2, 0.25) is 0 Å². The van der Waals surface area contributed by atoms with E-state index in [-0.39, 0.29) is 17.0 Å². The molecule has 0 aromatic heterocycles. The molecule has 4 rings (SSSR count). The third-order valence-corrected chi connectivity index (χ3v) is 9.60. The Labute approximate surface area is 191 Å². The standard InChI is InChI=1S/C25H20FNO2P.BrH/c26-24-17-16-20(18-25(24)27(28)29)19-30(21-10-4-1-5-11-21,22-12-6-2-7-13-22)23-14-8-3-9-15-23;/h1-18H,19H2;1H/q+1;/p-1. The lowest BCUT2D eigenvalue weighted by atomic mass is 10.2. The molecule has 0 amide bonds. The first-order chi connectivity index (χ1) is 14.6. The average Bonchev–Trinajstić information content (AvgIpc) is 2.80. The van der Waals surface area contributed by atoms with Crippen LogP contribution in [0.25, 0.3) is 0 Å². The van der Waals surface area contributed by atoms with E-state index in [1.165, 1.54) is 28.0 Å². The van der Waals surface area contributed by atoms with Gasteiger partial charge in [-0.3, -0.25) is 10.1 Å². The maximum absolute atomic E-state index is 14.0. The molecule has 0 unspecified atom stereocenters. The van der Waals surface area contributed by atoms with Gasteiger partial charge in [-0.1, -0.05) is 60.7 Å². The van der Waals surface area contributed by atoms with E-state index >= 15 is 0 Å². The molecule has 0 aliphatic heterocycles. The summed E-state index contributed by atoms with van der Waals surface area (Å²) in [7, 11) is -2.19. The Morgan fingerprint density at radius 1 is 0.710 bits per heavy atom. The monoisotopic (exact) mass is 495 g/mol. The third kappa shape index (κ3) is 4.58. The van der Waals surface area contributed by atoms with Gasteiger partial charge in [-0.2, -0.15) is 4.39 Å². The Morgan fingerprint density at radius 3 is 1.52 bits per heavy atom. The van der Waals surface area contributed by atoms with Crippen molar-refractivity contribution in [2.45, 2.75) is 6.16 Å². The summed E-state index contributed by atoms with van der Waals surface area (Å²) in [5.41, 5.74) is 0.257. The molecule has 0 heterocycles. The minimum Gasteiger partial charge on any atom is -1.00 e. The van der Waals surface area contributed by atoms with Crippen LogP contribution in [0, 0.1) is 15.9 Å². The lowest BCUT2D eigenvalue weighted by molar-refractivity contribution is -0.387. The number of halogens is 2. The highest BCUT2D eigenvalue weighted by atomic mass is 79.9. The Bertz CT molecular complexity index is 1060.